The van der Waals surface area contributed by atoms with E-state index >= 15 is 0 Å². The minimum Gasteiger partial charge on any atom is -0.462 e. The molecule has 2 aromatic heterocycles. The molecule has 8 nitrogen and oxygen atoms in total. The highest BCUT2D eigenvalue weighted by molar-refractivity contribution is 5.92. The molecule has 0 aliphatic carbocycles. The zero-order chi connectivity index (χ0) is 16.1. The van der Waals surface area contributed by atoms with Crippen molar-refractivity contribution >= 4 is 5.91 Å². The molecule has 1 aliphatic heterocycles. The normalized spacial score (nSPS) is 15.5. The van der Waals surface area contributed by atoms with Crippen molar-refractivity contribution in [3.63, 3.8) is 0 Å². The largest absolute Gasteiger partial charge is 0.462 e. The maximum atomic E-state index is 11.1. The molecule has 0 radical (unpaired) electrons. The van der Waals surface area contributed by atoms with Crippen LogP contribution in [-0.4, -0.2) is 64.8 Å². The molecule has 3 rings (SSSR count). The second-order valence-electron chi connectivity index (χ2n) is 5.20. The van der Waals surface area contributed by atoms with E-state index in [0.29, 0.717) is 18.2 Å². The number of carbonyl (C=O) groups is 1. The van der Waals surface area contributed by atoms with E-state index in [4.69, 9.17) is 15.2 Å². The van der Waals surface area contributed by atoms with Gasteiger partial charge in [0.25, 0.3) is 0 Å². The Morgan fingerprint density at radius 3 is 2.70 bits per heavy atom. The number of rotatable bonds is 6. The van der Waals surface area contributed by atoms with Gasteiger partial charge in [-0.25, -0.2) is 9.97 Å². The number of amides is 1. The van der Waals surface area contributed by atoms with Gasteiger partial charge in [-0.05, 0) is 6.07 Å². The van der Waals surface area contributed by atoms with Crippen LogP contribution in [0, 0.1) is 0 Å². The predicted octanol–water partition coefficient (Wildman–Crippen LogP) is 0.0772. The molecule has 1 fully saturated rings. The minimum atomic E-state index is -0.465. The summed E-state index contributed by atoms with van der Waals surface area (Å²) >= 11 is 0. The van der Waals surface area contributed by atoms with Gasteiger partial charge in [-0.2, -0.15) is 0 Å². The van der Waals surface area contributed by atoms with Gasteiger partial charge >= 0.3 is 6.01 Å². The standard InChI is InChI=1S/C15H19N5O3/c16-14(21)12-1-2-20(11-12)13-9-17-15(18-10-13)23-8-5-19-3-6-22-7-4-19/h1-2,9-11H,3-8H2,(H2,16,21). The van der Waals surface area contributed by atoms with Crippen LogP contribution in [0.3, 0.4) is 0 Å². The van der Waals surface area contributed by atoms with Gasteiger partial charge in [-0.15, -0.1) is 0 Å². The molecule has 0 bridgehead atoms. The molecular formula is C15H19N5O3. The van der Waals surface area contributed by atoms with Crippen LogP contribution in [-0.2, 0) is 4.74 Å². The summed E-state index contributed by atoms with van der Waals surface area (Å²) in [5, 5.41) is 0. The summed E-state index contributed by atoms with van der Waals surface area (Å²) in [5.41, 5.74) is 6.41. The molecule has 0 atom stereocenters. The van der Waals surface area contributed by atoms with Crippen LogP contribution in [0.5, 0.6) is 6.01 Å². The third-order valence-electron chi connectivity index (χ3n) is 3.63. The Balaban J connectivity index is 1.53. The Labute approximate surface area is 133 Å². The zero-order valence-electron chi connectivity index (χ0n) is 12.7. The molecule has 122 valence electrons. The summed E-state index contributed by atoms with van der Waals surface area (Å²) in [7, 11) is 0. The van der Waals surface area contributed by atoms with Crippen LogP contribution >= 0.6 is 0 Å². The Kier molecular flexibility index (Phi) is 4.84. The fourth-order valence-electron chi connectivity index (χ4n) is 2.31. The van der Waals surface area contributed by atoms with E-state index in [1.165, 1.54) is 0 Å². The van der Waals surface area contributed by atoms with Gasteiger partial charge in [-0.1, -0.05) is 0 Å². The molecule has 1 amide bonds. The lowest BCUT2D eigenvalue weighted by Gasteiger charge is -2.26. The molecule has 2 N–H and O–H groups in total. The lowest BCUT2D eigenvalue weighted by molar-refractivity contribution is 0.0317. The summed E-state index contributed by atoms with van der Waals surface area (Å²) in [5.74, 6) is -0.465. The molecule has 23 heavy (non-hydrogen) atoms. The number of ether oxygens (including phenoxy) is 2. The second-order valence-corrected chi connectivity index (χ2v) is 5.20. The van der Waals surface area contributed by atoms with Crippen molar-refractivity contribution in [1.82, 2.24) is 19.4 Å². The van der Waals surface area contributed by atoms with Crippen LogP contribution in [0.2, 0.25) is 0 Å². The second kappa shape index (κ2) is 7.21. The van der Waals surface area contributed by atoms with Crippen molar-refractivity contribution in [2.75, 3.05) is 39.5 Å². The van der Waals surface area contributed by atoms with Gasteiger partial charge in [-0.3, -0.25) is 9.69 Å². The van der Waals surface area contributed by atoms with E-state index in [0.717, 1.165) is 38.5 Å². The molecule has 0 aromatic carbocycles. The maximum absolute atomic E-state index is 11.1. The Morgan fingerprint density at radius 1 is 1.30 bits per heavy atom. The summed E-state index contributed by atoms with van der Waals surface area (Å²) in [6.45, 7) is 4.77. The molecular weight excluding hydrogens is 298 g/mol. The molecule has 3 heterocycles. The van der Waals surface area contributed by atoms with Crippen molar-refractivity contribution in [2.24, 2.45) is 5.73 Å². The number of hydrogen-bond donors (Lipinski definition) is 1. The van der Waals surface area contributed by atoms with Crippen LogP contribution < -0.4 is 10.5 Å². The van der Waals surface area contributed by atoms with Crippen molar-refractivity contribution in [3.05, 3.63) is 36.4 Å². The number of hydrogen-bond acceptors (Lipinski definition) is 6. The minimum absolute atomic E-state index is 0.337. The molecule has 1 aliphatic rings. The number of morpholine rings is 1. The van der Waals surface area contributed by atoms with Crippen LogP contribution in [0.25, 0.3) is 5.69 Å². The monoisotopic (exact) mass is 317 g/mol. The van der Waals surface area contributed by atoms with Gasteiger partial charge in [0, 0.05) is 32.0 Å². The smallest absolute Gasteiger partial charge is 0.316 e. The number of primary amides is 1. The van der Waals surface area contributed by atoms with Crippen LogP contribution in [0.4, 0.5) is 0 Å². The first kappa shape index (κ1) is 15.4. The highest BCUT2D eigenvalue weighted by atomic mass is 16.5. The Morgan fingerprint density at radius 2 is 2.04 bits per heavy atom. The van der Waals surface area contributed by atoms with Crippen LogP contribution in [0.15, 0.2) is 30.9 Å². The number of carbonyl (C=O) groups excluding carboxylic acids is 1. The zero-order valence-corrected chi connectivity index (χ0v) is 12.7. The first-order chi connectivity index (χ1) is 11.2. The highest BCUT2D eigenvalue weighted by Crippen LogP contribution is 2.10. The lowest BCUT2D eigenvalue weighted by Crippen LogP contribution is -2.38. The number of nitrogens with two attached hydrogens (primary N) is 1. The SMILES string of the molecule is NC(=O)c1ccn(-c2cnc(OCCN3CCOCC3)nc2)c1. The van der Waals surface area contributed by atoms with Crippen molar-refractivity contribution < 1.29 is 14.3 Å². The van der Waals surface area contributed by atoms with Crippen molar-refractivity contribution in [2.45, 2.75) is 0 Å². The highest BCUT2D eigenvalue weighted by Gasteiger charge is 2.10. The third-order valence-corrected chi connectivity index (χ3v) is 3.63. The summed E-state index contributed by atoms with van der Waals surface area (Å²) in [6.07, 6.45) is 6.65. The average Bonchev–Trinajstić information content (AvgIpc) is 3.07. The Bertz CT molecular complexity index is 649. The predicted molar refractivity (Wildman–Crippen MR) is 82.6 cm³/mol. The average molecular weight is 317 g/mol. The quantitative estimate of drug-likeness (QED) is 0.810. The maximum Gasteiger partial charge on any atom is 0.316 e. The van der Waals surface area contributed by atoms with Crippen molar-refractivity contribution in [1.29, 1.82) is 0 Å². The lowest BCUT2D eigenvalue weighted by atomic mass is 10.3. The van der Waals surface area contributed by atoms with E-state index in [1.807, 2.05) is 0 Å². The van der Waals surface area contributed by atoms with E-state index < -0.39 is 5.91 Å². The Hall–Kier alpha value is -2.45. The van der Waals surface area contributed by atoms with E-state index in [-0.39, 0.29) is 0 Å². The van der Waals surface area contributed by atoms with Gasteiger partial charge < -0.3 is 19.8 Å². The van der Waals surface area contributed by atoms with Crippen LogP contribution in [0.1, 0.15) is 10.4 Å². The van der Waals surface area contributed by atoms with E-state index in [9.17, 15) is 4.79 Å². The topological polar surface area (TPSA) is 95.5 Å². The fraction of sp³-hybridized carbons (Fsp3) is 0.400. The van der Waals surface area contributed by atoms with Gasteiger partial charge in [0.05, 0.1) is 36.9 Å². The van der Waals surface area contributed by atoms with Gasteiger partial charge in [0.15, 0.2) is 0 Å². The van der Waals surface area contributed by atoms with E-state index in [1.54, 1.807) is 35.4 Å². The third kappa shape index (κ3) is 4.05. The molecule has 8 heteroatoms. The molecule has 2 aromatic rings. The van der Waals surface area contributed by atoms with Gasteiger partial charge in [0.1, 0.15) is 6.61 Å². The first-order valence-corrected chi connectivity index (χ1v) is 7.45. The molecule has 0 spiro atoms. The molecule has 0 unspecified atom stereocenters. The number of nitrogens with zero attached hydrogens (tertiary/aromatic N) is 4. The molecule has 0 saturated carbocycles. The number of aromatic nitrogens is 3. The summed E-state index contributed by atoms with van der Waals surface area (Å²) < 4.78 is 12.6. The fourth-order valence-corrected chi connectivity index (χ4v) is 2.31. The van der Waals surface area contributed by atoms with Gasteiger partial charge in [0.2, 0.25) is 5.91 Å². The summed E-state index contributed by atoms with van der Waals surface area (Å²) in [6, 6.07) is 1.99. The first-order valence-electron chi connectivity index (χ1n) is 7.45. The summed E-state index contributed by atoms with van der Waals surface area (Å²) in [4.78, 5) is 21.7. The van der Waals surface area contributed by atoms with Crippen molar-refractivity contribution in [3.8, 4) is 11.7 Å². The molecule has 1 saturated heterocycles. The van der Waals surface area contributed by atoms with E-state index in [2.05, 4.69) is 14.9 Å².